The molecule has 0 aliphatic rings. The number of nitriles is 1. The zero-order valence-corrected chi connectivity index (χ0v) is 14.6. The van der Waals surface area contributed by atoms with E-state index in [1.165, 1.54) is 18.3 Å². The molecule has 0 aliphatic carbocycles. The maximum absolute atomic E-state index is 12.7. The number of alkyl halides is 3. The number of benzene rings is 2. The maximum atomic E-state index is 12.7. The van der Waals surface area contributed by atoms with E-state index in [2.05, 4.69) is 10.6 Å². The Labute approximate surface area is 155 Å². The van der Waals surface area contributed by atoms with Crippen molar-refractivity contribution < 1.29 is 18.0 Å². The van der Waals surface area contributed by atoms with Gasteiger partial charge in [-0.15, -0.1) is 0 Å². The first-order valence-corrected chi connectivity index (χ1v) is 8.17. The van der Waals surface area contributed by atoms with Crippen LogP contribution in [0.25, 0.3) is 0 Å². The minimum Gasteiger partial charge on any atom is -0.389 e. The quantitative estimate of drug-likeness (QED) is 0.453. The molecule has 0 saturated heterocycles. The average molecular weight is 373 g/mol. The zero-order chi connectivity index (χ0) is 19.9. The molecule has 140 valence electrons. The van der Waals surface area contributed by atoms with Gasteiger partial charge in [0.2, 0.25) is 0 Å². The van der Waals surface area contributed by atoms with E-state index in [1.54, 1.807) is 6.07 Å². The number of halogens is 3. The Morgan fingerprint density at radius 1 is 1.19 bits per heavy atom. The summed E-state index contributed by atoms with van der Waals surface area (Å²) < 4.78 is 38.1. The first-order valence-electron chi connectivity index (χ1n) is 8.17. The van der Waals surface area contributed by atoms with Crippen molar-refractivity contribution >= 4 is 11.6 Å². The molecule has 2 N–H and O–H groups in total. The molecule has 0 aliphatic heterocycles. The standard InChI is InChI=1S/C20H18F3N3O/c1-14-5-7-15(8-6-14)9-10-25-13-16(12-24)19(27)26-18-4-2-3-17(11-18)20(21,22)23/h2-8,11,13,25H,9-10H2,1H3,(H,26,27)/b16-13-. The van der Waals surface area contributed by atoms with Crippen molar-refractivity contribution in [1.82, 2.24) is 5.32 Å². The smallest absolute Gasteiger partial charge is 0.389 e. The fraction of sp³-hybridized carbons (Fsp3) is 0.200. The SMILES string of the molecule is Cc1ccc(CCN/C=C(/C#N)C(=O)Nc2cccc(C(F)(F)F)c2)cc1. The number of nitrogens with zero attached hydrogens (tertiary/aromatic N) is 1. The lowest BCUT2D eigenvalue weighted by Crippen LogP contribution is -2.18. The largest absolute Gasteiger partial charge is 0.416 e. The predicted octanol–water partition coefficient (Wildman–Crippen LogP) is 4.19. The van der Waals surface area contributed by atoms with Gasteiger partial charge in [-0.25, -0.2) is 0 Å². The summed E-state index contributed by atoms with van der Waals surface area (Å²) in [6, 6.07) is 13.9. The lowest BCUT2D eigenvalue weighted by molar-refractivity contribution is -0.137. The monoisotopic (exact) mass is 373 g/mol. The number of anilines is 1. The van der Waals surface area contributed by atoms with Crippen LogP contribution in [0.4, 0.5) is 18.9 Å². The van der Waals surface area contributed by atoms with E-state index in [0.29, 0.717) is 13.0 Å². The molecule has 7 heteroatoms. The Kier molecular flexibility index (Phi) is 6.61. The molecule has 0 spiro atoms. The molecule has 2 aromatic rings. The second-order valence-corrected chi connectivity index (χ2v) is 5.89. The minimum absolute atomic E-state index is 0.0318. The summed E-state index contributed by atoms with van der Waals surface area (Å²) in [5.41, 5.74) is 1.13. The van der Waals surface area contributed by atoms with Crippen LogP contribution < -0.4 is 10.6 Å². The van der Waals surface area contributed by atoms with Gasteiger partial charge < -0.3 is 10.6 Å². The zero-order valence-electron chi connectivity index (χ0n) is 14.6. The van der Waals surface area contributed by atoms with E-state index in [-0.39, 0.29) is 11.3 Å². The molecule has 0 bridgehead atoms. The van der Waals surface area contributed by atoms with Gasteiger partial charge in [-0.1, -0.05) is 35.9 Å². The van der Waals surface area contributed by atoms with Crippen molar-refractivity contribution in [3.63, 3.8) is 0 Å². The van der Waals surface area contributed by atoms with E-state index in [9.17, 15) is 18.0 Å². The first-order chi connectivity index (χ1) is 12.8. The highest BCUT2D eigenvalue weighted by Gasteiger charge is 2.30. The molecule has 0 aromatic heterocycles. The molecule has 4 nitrogen and oxygen atoms in total. The Balaban J connectivity index is 1.94. The number of hydrogen-bond donors (Lipinski definition) is 2. The Bertz CT molecular complexity index is 865. The third-order valence-electron chi connectivity index (χ3n) is 3.74. The van der Waals surface area contributed by atoms with Crippen LogP contribution in [0, 0.1) is 18.3 Å². The topological polar surface area (TPSA) is 64.9 Å². The first kappa shape index (κ1) is 20.0. The lowest BCUT2D eigenvalue weighted by Gasteiger charge is -2.09. The number of aryl methyl sites for hydroxylation is 1. The number of rotatable bonds is 6. The molecule has 0 saturated carbocycles. The highest BCUT2D eigenvalue weighted by atomic mass is 19.4. The van der Waals surface area contributed by atoms with Crippen LogP contribution in [0.3, 0.4) is 0 Å². The fourth-order valence-electron chi connectivity index (χ4n) is 2.27. The Hall–Kier alpha value is -3.27. The van der Waals surface area contributed by atoms with Gasteiger partial charge in [0.25, 0.3) is 5.91 Å². The highest BCUT2D eigenvalue weighted by Crippen LogP contribution is 2.30. The highest BCUT2D eigenvalue weighted by molar-refractivity contribution is 6.06. The minimum atomic E-state index is -4.51. The van der Waals surface area contributed by atoms with Crippen molar-refractivity contribution in [2.75, 3.05) is 11.9 Å². The van der Waals surface area contributed by atoms with Crippen LogP contribution in [0.2, 0.25) is 0 Å². The number of carbonyl (C=O) groups is 1. The predicted molar refractivity (Wildman–Crippen MR) is 96.7 cm³/mol. The van der Waals surface area contributed by atoms with Crippen LogP contribution >= 0.6 is 0 Å². The molecular weight excluding hydrogens is 355 g/mol. The molecule has 2 rings (SSSR count). The van der Waals surface area contributed by atoms with Crippen molar-refractivity contribution in [1.29, 1.82) is 5.26 Å². The molecule has 0 unspecified atom stereocenters. The second kappa shape index (κ2) is 8.90. The molecule has 1 amide bonds. The molecule has 0 fully saturated rings. The van der Waals surface area contributed by atoms with Gasteiger partial charge in [-0.3, -0.25) is 4.79 Å². The van der Waals surface area contributed by atoms with Crippen LogP contribution in [0.1, 0.15) is 16.7 Å². The molecule has 2 aromatic carbocycles. The number of amides is 1. The van der Waals surface area contributed by atoms with E-state index in [4.69, 9.17) is 5.26 Å². The fourth-order valence-corrected chi connectivity index (χ4v) is 2.27. The van der Waals surface area contributed by atoms with E-state index < -0.39 is 17.6 Å². The van der Waals surface area contributed by atoms with Crippen LogP contribution in [-0.4, -0.2) is 12.5 Å². The summed E-state index contributed by atoms with van der Waals surface area (Å²) in [5.74, 6) is -0.778. The third-order valence-corrected chi connectivity index (χ3v) is 3.74. The van der Waals surface area contributed by atoms with Crippen molar-refractivity contribution in [3.8, 4) is 6.07 Å². The molecule has 0 atom stereocenters. The van der Waals surface area contributed by atoms with Crippen molar-refractivity contribution in [3.05, 3.63) is 77.0 Å². The van der Waals surface area contributed by atoms with Crippen LogP contribution in [0.5, 0.6) is 0 Å². The maximum Gasteiger partial charge on any atom is 0.416 e. The van der Waals surface area contributed by atoms with E-state index in [0.717, 1.165) is 23.3 Å². The van der Waals surface area contributed by atoms with E-state index >= 15 is 0 Å². The van der Waals surface area contributed by atoms with Gasteiger partial charge in [-0.2, -0.15) is 18.4 Å². The summed E-state index contributed by atoms with van der Waals surface area (Å²) in [4.78, 5) is 12.1. The van der Waals surface area contributed by atoms with Gasteiger partial charge in [0, 0.05) is 18.4 Å². The second-order valence-electron chi connectivity index (χ2n) is 5.89. The van der Waals surface area contributed by atoms with Gasteiger partial charge in [0.05, 0.1) is 5.56 Å². The number of hydrogen-bond acceptors (Lipinski definition) is 3. The van der Waals surface area contributed by atoms with Gasteiger partial charge >= 0.3 is 6.18 Å². The Morgan fingerprint density at radius 2 is 1.89 bits per heavy atom. The number of nitrogens with one attached hydrogen (secondary N) is 2. The summed E-state index contributed by atoms with van der Waals surface area (Å²) in [7, 11) is 0. The summed E-state index contributed by atoms with van der Waals surface area (Å²) in [5, 5.41) is 14.3. The van der Waals surface area contributed by atoms with Crippen molar-refractivity contribution in [2.45, 2.75) is 19.5 Å². The van der Waals surface area contributed by atoms with Crippen molar-refractivity contribution in [2.24, 2.45) is 0 Å². The Morgan fingerprint density at radius 3 is 2.52 bits per heavy atom. The molecule has 27 heavy (non-hydrogen) atoms. The summed E-state index contributed by atoms with van der Waals surface area (Å²) >= 11 is 0. The third kappa shape index (κ3) is 6.19. The lowest BCUT2D eigenvalue weighted by atomic mass is 10.1. The van der Waals surface area contributed by atoms with E-state index in [1.807, 2.05) is 31.2 Å². The summed E-state index contributed by atoms with van der Waals surface area (Å²) in [6.07, 6.45) is -2.55. The summed E-state index contributed by atoms with van der Waals surface area (Å²) in [6.45, 7) is 2.50. The number of carbonyl (C=O) groups excluding carboxylic acids is 1. The average Bonchev–Trinajstić information content (AvgIpc) is 2.62. The molecule has 0 radical (unpaired) electrons. The van der Waals surface area contributed by atoms with Gasteiger partial charge in [0.1, 0.15) is 11.6 Å². The van der Waals surface area contributed by atoms with Crippen LogP contribution in [-0.2, 0) is 17.4 Å². The molecular formula is C20H18F3N3O. The molecule has 0 heterocycles. The van der Waals surface area contributed by atoms with Crippen LogP contribution in [0.15, 0.2) is 60.3 Å². The normalized spacial score (nSPS) is 11.6. The van der Waals surface area contributed by atoms with Gasteiger partial charge in [-0.05, 0) is 37.1 Å². The van der Waals surface area contributed by atoms with Gasteiger partial charge in [0.15, 0.2) is 0 Å².